The molecule has 0 fully saturated rings. The third-order valence-electron chi connectivity index (χ3n) is 3.27. The van der Waals surface area contributed by atoms with Gasteiger partial charge in [0.05, 0.1) is 10.6 Å². The van der Waals surface area contributed by atoms with Gasteiger partial charge in [0.25, 0.3) is 0 Å². The van der Waals surface area contributed by atoms with Crippen molar-refractivity contribution in [3.63, 3.8) is 0 Å². The van der Waals surface area contributed by atoms with Gasteiger partial charge in [-0.1, -0.05) is 35.3 Å². The highest BCUT2D eigenvalue weighted by Crippen LogP contribution is 2.27. The molecule has 5 heteroatoms. The van der Waals surface area contributed by atoms with Crippen molar-refractivity contribution in [3.8, 4) is 5.75 Å². The molecule has 0 heterocycles. The van der Waals surface area contributed by atoms with Crippen molar-refractivity contribution in [1.82, 2.24) is 5.32 Å². The van der Waals surface area contributed by atoms with Gasteiger partial charge in [-0.3, -0.25) is 0 Å². The first kappa shape index (κ1) is 18.6. The Hall–Kier alpha value is -0.740. The van der Waals surface area contributed by atoms with Crippen LogP contribution in [0.1, 0.15) is 25.0 Å². The van der Waals surface area contributed by atoms with Crippen molar-refractivity contribution < 1.29 is 4.74 Å². The quantitative estimate of drug-likeness (QED) is 0.569. The van der Waals surface area contributed by atoms with Crippen LogP contribution in [-0.2, 0) is 13.0 Å². The average Bonchev–Trinajstić information content (AvgIpc) is 2.47. The molecule has 0 aliphatic heterocycles. The second-order valence-electron chi connectivity index (χ2n) is 5.59. The summed E-state index contributed by atoms with van der Waals surface area (Å²) in [5.74, 6) is 0.872. The summed E-state index contributed by atoms with van der Waals surface area (Å²) in [5.41, 5.74) is 2.31. The van der Waals surface area contributed by atoms with Crippen molar-refractivity contribution in [1.29, 1.82) is 0 Å². The number of benzene rings is 2. The Morgan fingerprint density at radius 3 is 2.57 bits per heavy atom. The fourth-order valence-corrected chi connectivity index (χ4v) is 3.21. The summed E-state index contributed by atoms with van der Waals surface area (Å²) < 4.78 is 6.69. The highest BCUT2D eigenvalue weighted by atomic mass is 79.9. The lowest BCUT2D eigenvalue weighted by Crippen LogP contribution is -2.17. The maximum absolute atomic E-state index is 6.17. The highest BCUT2D eigenvalue weighted by Gasteiger charge is 2.05. The molecule has 0 amide bonds. The molecule has 0 unspecified atom stereocenters. The summed E-state index contributed by atoms with van der Waals surface area (Å²) in [6, 6.07) is 11.8. The molecule has 0 radical (unpaired) electrons. The van der Waals surface area contributed by atoms with E-state index in [9.17, 15) is 0 Å². The van der Waals surface area contributed by atoms with Crippen LogP contribution in [0.2, 0.25) is 10.0 Å². The molecule has 2 aromatic carbocycles. The van der Waals surface area contributed by atoms with E-state index in [1.165, 1.54) is 5.56 Å². The van der Waals surface area contributed by atoms with Gasteiger partial charge in [0.2, 0.25) is 0 Å². The summed E-state index contributed by atoms with van der Waals surface area (Å²) in [7, 11) is 0. The number of rotatable bonds is 7. The maximum Gasteiger partial charge on any atom is 0.133 e. The molecule has 2 aromatic rings. The molecule has 0 saturated heterocycles. The van der Waals surface area contributed by atoms with Gasteiger partial charge in [0.15, 0.2) is 0 Å². The predicted molar refractivity (Wildman–Crippen MR) is 102 cm³/mol. The van der Waals surface area contributed by atoms with Crippen LogP contribution in [0.15, 0.2) is 40.9 Å². The van der Waals surface area contributed by atoms with Gasteiger partial charge < -0.3 is 10.1 Å². The molecule has 1 N–H and O–H groups in total. The first-order valence-electron chi connectivity index (χ1n) is 7.55. The van der Waals surface area contributed by atoms with E-state index in [0.29, 0.717) is 5.02 Å². The van der Waals surface area contributed by atoms with Crippen molar-refractivity contribution >= 4 is 39.1 Å². The van der Waals surface area contributed by atoms with Gasteiger partial charge in [-0.25, -0.2) is 0 Å². The zero-order valence-corrected chi connectivity index (χ0v) is 16.3. The Kier molecular flexibility index (Phi) is 7.22. The van der Waals surface area contributed by atoms with Crippen molar-refractivity contribution in [2.24, 2.45) is 0 Å². The van der Waals surface area contributed by atoms with E-state index in [-0.39, 0.29) is 6.10 Å². The summed E-state index contributed by atoms with van der Waals surface area (Å²) in [4.78, 5) is 0. The average molecular weight is 417 g/mol. The zero-order valence-electron chi connectivity index (χ0n) is 13.2. The topological polar surface area (TPSA) is 21.3 Å². The van der Waals surface area contributed by atoms with E-state index in [4.69, 9.17) is 27.9 Å². The lowest BCUT2D eigenvalue weighted by Gasteiger charge is -2.13. The fourth-order valence-electron chi connectivity index (χ4n) is 2.18. The molecule has 0 saturated carbocycles. The first-order valence-corrected chi connectivity index (χ1v) is 9.10. The second kappa shape index (κ2) is 8.93. The standard InChI is InChI=1S/C18H20BrCl2NO/c1-12(2)23-18-6-3-13(9-16(18)19)11-22-8-7-14-4-5-15(20)10-17(14)21/h3-6,9-10,12,22H,7-8,11H2,1-2H3. The minimum absolute atomic E-state index is 0.166. The molecule has 0 spiro atoms. The largest absolute Gasteiger partial charge is 0.490 e. The fraction of sp³-hybridized carbons (Fsp3) is 0.333. The molecule has 0 aromatic heterocycles. The monoisotopic (exact) mass is 415 g/mol. The Morgan fingerprint density at radius 2 is 1.91 bits per heavy atom. The Balaban J connectivity index is 1.83. The molecule has 0 bridgehead atoms. The lowest BCUT2D eigenvalue weighted by molar-refractivity contribution is 0.241. The molecule has 2 nitrogen and oxygen atoms in total. The van der Waals surface area contributed by atoms with Gasteiger partial charge in [0.1, 0.15) is 5.75 Å². The van der Waals surface area contributed by atoms with Crippen LogP contribution < -0.4 is 10.1 Å². The Labute approximate surface area is 156 Å². The number of ether oxygens (including phenoxy) is 1. The van der Waals surface area contributed by atoms with Crippen LogP contribution in [-0.4, -0.2) is 12.6 Å². The van der Waals surface area contributed by atoms with E-state index in [0.717, 1.165) is 40.3 Å². The van der Waals surface area contributed by atoms with Gasteiger partial charge in [-0.05, 0) is 78.1 Å². The first-order chi connectivity index (χ1) is 11.0. The molecule has 0 atom stereocenters. The SMILES string of the molecule is CC(C)Oc1ccc(CNCCc2ccc(Cl)cc2Cl)cc1Br. The summed E-state index contributed by atoms with van der Waals surface area (Å²) in [5, 5.41) is 4.81. The van der Waals surface area contributed by atoms with Crippen LogP contribution >= 0.6 is 39.1 Å². The highest BCUT2D eigenvalue weighted by molar-refractivity contribution is 9.10. The number of hydrogen-bond acceptors (Lipinski definition) is 2. The summed E-state index contributed by atoms with van der Waals surface area (Å²) in [6.45, 7) is 5.68. The van der Waals surface area contributed by atoms with E-state index >= 15 is 0 Å². The number of halogens is 3. The second-order valence-corrected chi connectivity index (χ2v) is 7.29. The third-order valence-corrected chi connectivity index (χ3v) is 4.48. The molecule has 0 aliphatic rings. The summed E-state index contributed by atoms with van der Waals surface area (Å²) >= 11 is 15.6. The van der Waals surface area contributed by atoms with Crippen LogP contribution in [0.4, 0.5) is 0 Å². The molecular weight excluding hydrogens is 397 g/mol. The van der Waals surface area contributed by atoms with Crippen LogP contribution in [0, 0.1) is 0 Å². The maximum atomic E-state index is 6.17. The number of nitrogens with one attached hydrogen (secondary N) is 1. The van der Waals surface area contributed by atoms with Crippen LogP contribution in [0.5, 0.6) is 5.75 Å². The normalized spacial score (nSPS) is 11.0. The van der Waals surface area contributed by atoms with Crippen molar-refractivity contribution in [2.75, 3.05) is 6.54 Å². The van der Waals surface area contributed by atoms with Crippen LogP contribution in [0.25, 0.3) is 0 Å². The molecule has 2 rings (SSSR count). The van der Waals surface area contributed by atoms with Crippen molar-refractivity contribution in [3.05, 3.63) is 62.0 Å². The number of hydrogen-bond donors (Lipinski definition) is 1. The van der Waals surface area contributed by atoms with E-state index < -0.39 is 0 Å². The summed E-state index contributed by atoms with van der Waals surface area (Å²) in [6.07, 6.45) is 1.03. The lowest BCUT2D eigenvalue weighted by atomic mass is 10.1. The predicted octanol–water partition coefficient (Wildman–Crippen LogP) is 5.88. The smallest absolute Gasteiger partial charge is 0.133 e. The van der Waals surface area contributed by atoms with Gasteiger partial charge in [-0.2, -0.15) is 0 Å². The minimum atomic E-state index is 0.166. The molecule has 0 aliphatic carbocycles. The Morgan fingerprint density at radius 1 is 1.13 bits per heavy atom. The van der Waals surface area contributed by atoms with E-state index in [1.54, 1.807) is 6.07 Å². The van der Waals surface area contributed by atoms with E-state index in [2.05, 4.69) is 33.4 Å². The molecule has 124 valence electrons. The molecular formula is C18H20BrCl2NO. The third kappa shape index (κ3) is 6.00. The van der Waals surface area contributed by atoms with E-state index in [1.807, 2.05) is 32.0 Å². The zero-order chi connectivity index (χ0) is 16.8. The minimum Gasteiger partial charge on any atom is -0.490 e. The van der Waals surface area contributed by atoms with Gasteiger partial charge in [-0.15, -0.1) is 0 Å². The molecule has 23 heavy (non-hydrogen) atoms. The van der Waals surface area contributed by atoms with Crippen molar-refractivity contribution in [2.45, 2.75) is 32.9 Å². The van der Waals surface area contributed by atoms with Gasteiger partial charge >= 0.3 is 0 Å². The van der Waals surface area contributed by atoms with Gasteiger partial charge in [0, 0.05) is 16.6 Å². The Bertz CT molecular complexity index is 661. The van der Waals surface area contributed by atoms with Crippen LogP contribution in [0.3, 0.4) is 0 Å².